The van der Waals surface area contributed by atoms with Gasteiger partial charge in [-0.15, -0.1) is 0 Å². The highest BCUT2D eigenvalue weighted by atomic mass is 16.3. The van der Waals surface area contributed by atoms with E-state index in [9.17, 15) is 14.7 Å². The van der Waals surface area contributed by atoms with Gasteiger partial charge in [-0.05, 0) is 38.3 Å². The molecule has 5 nitrogen and oxygen atoms in total. The third kappa shape index (κ3) is 3.36. The summed E-state index contributed by atoms with van der Waals surface area (Å²) < 4.78 is 0. The molecule has 1 aliphatic rings. The molecule has 1 fully saturated rings. The average molecular weight is 276 g/mol. The summed E-state index contributed by atoms with van der Waals surface area (Å²) in [6.07, 6.45) is 2.82. The molecule has 1 unspecified atom stereocenters. The SMILES string of the molecule is CC(=O)c1cccc(NC(=O)N2CCCCC2CO)c1. The minimum Gasteiger partial charge on any atom is -0.394 e. The van der Waals surface area contributed by atoms with Gasteiger partial charge in [-0.3, -0.25) is 4.79 Å². The second-order valence-corrected chi connectivity index (χ2v) is 5.09. The first-order chi connectivity index (χ1) is 9.61. The lowest BCUT2D eigenvalue weighted by Crippen LogP contribution is -2.47. The quantitative estimate of drug-likeness (QED) is 0.832. The van der Waals surface area contributed by atoms with Gasteiger partial charge in [-0.1, -0.05) is 12.1 Å². The normalized spacial score (nSPS) is 18.7. The van der Waals surface area contributed by atoms with Crippen LogP contribution < -0.4 is 5.32 Å². The van der Waals surface area contributed by atoms with E-state index >= 15 is 0 Å². The van der Waals surface area contributed by atoms with Crippen LogP contribution in [0.3, 0.4) is 0 Å². The van der Waals surface area contributed by atoms with E-state index in [0.717, 1.165) is 19.3 Å². The van der Waals surface area contributed by atoms with Crippen molar-refractivity contribution in [3.8, 4) is 0 Å². The number of amides is 2. The van der Waals surface area contributed by atoms with E-state index in [4.69, 9.17) is 0 Å². The van der Waals surface area contributed by atoms with Crippen molar-refractivity contribution in [1.82, 2.24) is 4.90 Å². The Balaban J connectivity index is 2.06. The van der Waals surface area contributed by atoms with Crippen molar-refractivity contribution >= 4 is 17.5 Å². The molecule has 1 saturated heterocycles. The van der Waals surface area contributed by atoms with Crippen LogP contribution in [-0.2, 0) is 0 Å². The largest absolute Gasteiger partial charge is 0.394 e. The van der Waals surface area contributed by atoms with E-state index in [-0.39, 0.29) is 24.5 Å². The monoisotopic (exact) mass is 276 g/mol. The van der Waals surface area contributed by atoms with Crippen LogP contribution in [0.2, 0.25) is 0 Å². The van der Waals surface area contributed by atoms with Gasteiger partial charge in [0.05, 0.1) is 12.6 Å². The number of hydrogen-bond acceptors (Lipinski definition) is 3. The molecule has 0 aliphatic carbocycles. The molecule has 0 spiro atoms. The molecular weight excluding hydrogens is 256 g/mol. The summed E-state index contributed by atoms with van der Waals surface area (Å²) in [6, 6.07) is 6.55. The van der Waals surface area contributed by atoms with Crippen molar-refractivity contribution in [2.24, 2.45) is 0 Å². The molecule has 0 bridgehead atoms. The summed E-state index contributed by atoms with van der Waals surface area (Å²) in [5, 5.41) is 12.1. The predicted octanol–water partition coefficient (Wildman–Crippen LogP) is 2.27. The van der Waals surface area contributed by atoms with Crippen molar-refractivity contribution in [1.29, 1.82) is 0 Å². The van der Waals surface area contributed by atoms with Crippen molar-refractivity contribution < 1.29 is 14.7 Å². The molecule has 20 heavy (non-hydrogen) atoms. The lowest BCUT2D eigenvalue weighted by molar-refractivity contribution is 0.101. The number of benzene rings is 1. The van der Waals surface area contributed by atoms with Crippen molar-refractivity contribution in [3.63, 3.8) is 0 Å². The van der Waals surface area contributed by atoms with Crippen LogP contribution in [0.25, 0.3) is 0 Å². The topological polar surface area (TPSA) is 69.6 Å². The third-order valence-electron chi connectivity index (χ3n) is 3.62. The number of likely N-dealkylation sites (tertiary alicyclic amines) is 1. The van der Waals surface area contributed by atoms with Crippen LogP contribution >= 0.6 is 0 Å². The first-order valence-corrected chi connectivity index (χ1v) is 6.91. The van der Waals surface area contributed by atoms with Crippen molar-refractivity contribution in [3.05, 3.63) is 29.8 Å². The standard InChI is InChI=1S/C15H20N2O3/c1-11(19)12-5-4-6-13(9-12)16-15(20)17-8-3-2-7-14(17)10-18/h4-6,9,14,18H,2-3,7-8,10H2,1H3,(H,16,20). The van der Waals surface area contributed by atoms with E-state index in [1.165, 1.54) is 6.92 Å². The number of urea groups is 1. The zero-order chi connectivity index (χ0) is 14.5. The van der Waals surface area contributed by atoms with Crippen molar-refractivity contribution in [2.75, 3.05) is 18.5 Å². The Morgan fingerprint density at radius 3 is 2.90 bits per heavy atom. The first kappa shape index (κ1) is 14.5. The van der Waals surface area contributed by atoms with Crippen LogP contribution in [0.5, 0.6) is 0 Å². The molecule has 108 valence electrons. The Morgan fingerprint density at radius 1 is 1.40 bits per heavy atom. The Labute approximate surface area is 118 Å². The van der Waals surface area contributed by atoms with Gasteiger partial charge in [0.15, 0.2) is 5.78 Å². The summed E-state index contributed by atoms with van der Waals surface area (Å²) in [4.78, 5) is 25.2. The molecule has 2 N–H and O–H groups in total. The number of hydrogen-bond donors (Lipinski definition) is 2. The Morgan fingerprint density at radius 2 is 2.20 bits per heavy atom. The van der Waals surface area contributed by atoms with E-state index < -0.39 is 0 Å². The summed E-state index contributed by atoms with van der Waals surface area (Å²) in [7, 11) is 0. The highest BCUT2D eigenvalue weighted by Gasteiger charge is 2.26. The summed E-state index contributed by atoms with van der Waals surface area (Å²) in [5.74, 6) is -0.0349. The van der Waals surface area contributed by atoms with Gasteiger partial charge in [0.2, 0.25) is 0 Å². The smallest absolute Gasteiger partial charge is 0.322 e. The fraction of sp³-hybridized carbons (Fsp3) is 0.467. The summed E-state index contributed by atoms with van der Waals surface area (Å²) in [5.41, 5.74) is 1.17. The first-order valence-electron chi connectivity index (χ1n) is 6.91. The molecule has 2 rings (SSSR count). The number of nitrogens with zero attached hydrogens (tertiary/aromatic N) is 1. The molecule has 1 aliphatic heterocycles. The second-order valence-electron chi connectivity index (χ2n) is 5.09. The van der Waals surface area contributed by atoms with E-state index in [1.54, 1.807) is 29.2 Å². The van der Waals surface area contributed by atoms with Crippen LogP contribution in [0.1, 0.15) is 36.5 Å². The Kier molecular flexibility index (Phi) is 4.74. The number of carbonyl (C=O) groups is 2. The lowest BCUT2D eigenvalue weighted by Gasteiger charge is -2.34. The van der Waals surface area contributed by atoms with E-state index in [2.05, 4.69) is 5.32 Å². The molecule has 1 heterocycles. The van der Waals surface area contributed by atoms with Crippen LogP contribution in [0, 0.1) is 0 Å². The van der Waals surface area contributed by atoms with Gasteiger partial charge >= 0.3 is 6.03 Å². The molecule has 0 saturated carbocycles. The van der Waals surface area contributed by atoms with Gasteiger partial charge in [0.1, 0.15) is 0 Å². The minimum atomic E-state index is -0.218. The van der Waals surface area contributed by atoms with E-state index in [1.807, 2.05) is 0 Å². The zero-order valence-corrected chi connectivity index (χ0v) is 11.6. The predicted molar refractivity (Wildman–Crippen MR) is 76.9 cm³/mol. The molecule has 0 radical (unpaired) electrons. The molecule has 5 heteroatoms. The fourth-order valence-corrected chi connectivity index (χ4v) is 2.47. The molecule has 0 aromatic heterocycles. The van der Waals surface area contributed by atoms with Gasteiger partial charge in [-0.2, -0.15) is 0 Å². The molecule has 1 aromatic carbocycles. The Bertz CT molecular complexity index is 502. The number of Topliss-reactive ketones (excluding diaryl/α,β-unsaturated/α-hetero) is 1. The summed E-state index contributed by atoms with van der Waals surface area (Å²) in [6.45, 7) is 2.14. The highest BCUT2D eigenvalue weighted by Crippen LogP contribution is 2.19. The second kappa shape index (κ2) is 6.52. The average Bonchev–Trinajstić information content (AvgIpc) is 2.47. The number of nitrogens with one attached hydrogen (secondary N) is 1. The molecule has 1 atom stereocenters. The van der Waals surface area contributed by atoms with Crippen LogP contribution in [0.15, 0.2) is 24.3 Å². The number of aliphatic hydroxyl groups excluding tert-OH is 1. The fourth-order valence-electron chi connectivity index (χ4n) is 2.47. The molecular formula is C15H20N2O3. The maximum atomic E-state index is 12.2. The number of piperidine rings is 1. The van der Waals surface area contributed by atoms with Gasteiger partial charge in [0, 0.05) is 17.8 Å². The van der Waals surface area contributed by atoms with Gasteiger partial charge < -0.3 is 15.3 Å². The number of rotatable bonds is 3. The number of carbonyl (C=O) groups excluding carboxylic acids is 2. The highest BCUT2D eigenvalue weighted by molar-refractivity contribution is 5.96. The van der Waals surface area contributed by atoms with E-state index in [0.29, 0.717) is 17.8 Å². The molecule has 1 aromatic rings. The third-order valence-corrected chi connectivity index (χ3v) is 3.62. The van der Waals surface area contributed by atoms with Crippen LogP contribution in [0.4, 0.5) is 10.5 Å². The van der Waals surface area contributed by atoms with Crippen LogP contribution in [-0.4, -0.2) is 41.0 Å². The van der Waals surface area contributed by atoms with Gasteiger partial charge in [-0.25, -0.2) is 4.79 Å². The maximum Gasteiger partial charge on any atom is 0.322 e. The zero-order valence-electron chi connectivity index (χ0n) is 11.6. The molecule has 2 amide bonds. The number of ketones is 1. The van der Waals surface area contributed by atoms with Gasteiger partial charge in [0.25, 0.3) is 0 Å². The van der Waals surface area contributed by atoms with Crippen molar-refractivity contribution in [2.45, 2.75) is 32.2 Å². The summed E-state index contributed by atoms with van der Waals surface area (Å²) >= 11 is 0. The lowest BCUT2D eigenvalue weighted by atomic mass is 10.0. The minimum absolute atomic E-state index is 0.0130. The number of anilines is 1. The maximum absolute atomic E-state index is 12.2. The number of aliphatic hydroxyl groups is 1. The Hall–Kier alpha value is -1.88.